The number of aryl methyl sites for hydroxylation is 3. The molecular weight excluding hydrogens is 366 g/mol. The molecule has 0 saturated carbocycles. The highest BCUT2D eigenvalue weighted by atomic mass is 32.1. The van der Waals surface area contributed by atoms with E-state index in [9.17, 15) is 9.59 Å². The van der Waals surface area contributed by atoms with Crippen molar-refractivity contribution in [1.82, 2.24) is 10.1 Å². The van der Waals surface area contributed by atoms with Crippen molar-refractivity contribution in [1.29, 1.82) is 0 Å². The van der Waals surface area contributed by atoms with Gasteiger partial charge in [-0.1, -0.05) is 28.6 Å². The van der Waals surface area contributed by atoms with Crippen LogP contribution in [0.5, 0.6) is 0 Å². The molecule has 1 aromatic carbocycles. The Kier molecular flexibility index (Phi) is 5.36. The third-order valence-electron chi connectivity index (χ3n) is 4.01. The van der Waals surface area contributed by atoms with Gasteiger partial charge in [0.05, 0.1) is 12.3 Å². The molecule has 0 unspecified atom stereocenters. The van der Waals surface area contributed by atoms with Crippen molar-refractivity contribution in [2.45, 2.75) is 27.7 Å². The Balaban J connectivity index is 1.76. The van der Waals surface area contributed by atoms with Crippen LogP contribution in [0.1, 0.15) is 43.9 Å². The fraction of sp³-hybridized carbons (Fsp3) is 0.263. The van der Waals surface area contributed by atoms with E-state index in [1.165, 1.54) is 5.56 Å². The molecule has 0 spiro atoms. The number of carbonyl (C=O) groups is 2. The molecule has 0 atom stereocenters. The number of ether oxygens (including phenoxy) is 1. The highest BCUT2D eigenvalue weighted by Crippen LogP contribution is 2.26. The van der Waals surface area contributed by atoms with E-state index in [1.54, 1.807) is 19.9 Å². The minimum Gasteiger partial charge on any atom is -0.462 e. The Labute approximate surface area is 160 Å². The maximum Gasteiger partial charge on any atom is 0.350 e. The van der Waals surface area contributed by atoms with Gasteiger partial charge in [-0.3, -0.25) is 10.1 Å². The lowest BCUT2D eigenvalue weighted by atomic mass is 10.0. The summed E-state index contributed by atoms with van der Waals surface area (Å²) in [5.74, 6) is -0.407. The van der Waals surface area contributed by atoms with E-state index < -0.39 is 11.9 Å². The topological polar surface area (TPSA) is 94.3 Å². The van der Waals surface area contributed by atoms with Crippen LogP contribution in [0.4, 0.5) is 5.13 Å². The van der Waals surface area contributed by atoms with Gasteiger partial charge in [0.25, 0.3) is 5.91 Å². The van der Waals surface area contributed by atoms with E-state index >= 15 is 0 Å². The molecule has 0 aliphatic rings. The number of anilines is 1. The number of hydrogen-bond donors (Lipinski definition) is 1. The number of nitrogens with zero attached hydrogens (tertiary/aromatic N) is 2. The molecule has 1 N–H and O–H groups in total. The molecule has 1 amide bonds. The Bertz CT molecular complexity index is 1010. The smallest absolute Gasteiger partial charge is 0.350 e. The number of aromatic nitrogens is 2. The maximum absolute atomic E-state index is 12.4. The summed E-state index contributed by atoms with van der Waals surface area (Å²) in [7, 11) is 0. The summed E-state index contributed by atoms with van der Waals surface area (Å²) in [6.07, 6.45) is 0. The SMILES string of the molecule is CCOC(=O)c1sc(NC(=O)c2cc(-c3ccc(C)c(C)c3)on2)nc1C. The van der Waals surface area contributed by atoms with E-state index in [4.69, 9.17) is 9.26 Å². The van der Waals surface area contributed by atoms with E-state index in [0.29, 0.717) is 21.5 Å². The van der Waals surface area contributed by atoms with Crippen molar-refractivity contribution in [2.24, 2.45) is 0 Å². The van der Waals surface area contributed by atoms with Crippen LogP contribution in [0.2, 0.25) is 0 Å². The Morgan fingerprint density at radius 2 is 1.96 bits per heavy atom. The van der Waals surface area contributed by atoms with Gasteiger partial charge < -0.3 is 9.26 Å². The standard InChI is InChI=1S/C19H19N3O4S/c1-5-25-18(24)16-12(4)20-19(27-16)21-17(23)14-9-15(26-22-14)13-7-6-10(2)11(3)8-13/h6-9H,5H2,1-4H3,(H,20,21,23). The molecule has 0 aliphatic heterocycles. The van der Waals surface area contributed by atoms with Crippen LogP contribution < -0.4 is 5.32 Å². The van der Waals surface area contributed by atoms with Crippen molar-refractivity contribution in [3.63, 3.8) is 0 Å². The molecule has 27 heavy (non-hydrogen) atoms. The maximum atomic E-state index is 12.4. The van der Waals surface area contributed by atoms with E-state index in [-0.39, 0.29) is 12.3 Å². The number of carbonyl (C=O) groups excluding carboxylic acids is 2. The zero-order valence-corrected chi connectivity index (χ0v) is 16.3. The quantitative estimate of drug-likeness (QED) is 0.663. The minimum atomic E-state index is -0.460. The van der Waals surface area contributed by atoms with Crippen LogP contribution in [-0.2, 0) is 4.74 Å². The van der Waals surface area contributed by atoms with Crippen LogP contribution in [0.15, 0.2) is 28.8 Å². The summed E-state index contributed by atoms with van der Waals surface area (Å²) in [6, 6.07) is 7.46. The summed E-state index contributed by atoms with van der Waals surface area (Å²) in [6.45, 7) is 7.73. The average Bonchev–Trinajstić information content (AvgIpc) is 3.24. The molecule has 2 heterocycles. The lowest BCUT2D eigenvalue weighted by molar-refractivity contribution is 0.0531. The molecule has 0 radical (unpaired) electrons. The first kappa shape index (κ1) is 18.8. The number of rotatable bonds is 5. The molecule has 7 nitrogen and oxygen atoms in total. The van der Waals surface area contributed by atoms with Gasteiger partial charge in [-0.25, -0.2) is 9.78 Å². The Morgan fingerprint density at radius 3 is 2.67 bits per heavy atom. The summed E-state index contributed by atoms with van der Waals surface area (Å²) in [5.41, 5.74) is 3.78. The highest BCUT2D eigenvalue weighted by Gasteiger charge is 2.20. The van der Waals surface area contributed by atoms with Crippen LogP contribution in [-0.4, -0.2) is 28.6 Å². The van der Waals surface area contributed by atoms with Crippen LogP contribution in [0.25, 0.3) is 11.3 Å². The lowest BCUT2D eigenvalue weighted by Crippen LogP contribution is -2.11. The second kappa shape index (κ2) is 7.71. The van der Waals surface area contributed by atoms with E-state index in [1.807, 2.05) is 32.0 Å². The molecule has 140 valence electrons. The first-order valence-electron chi connectivity index (χ1n) is 8.39. The van der Waals surface area contributed by atoms with Gasteiger partial charge >= 0.3 is 5.97 Å². The van der Waals surface area contributed by atoms with Gasteiger partial charge in [0.2, 0.25) is 0 Å². The lowest BCUT2D eigenvalue weighted by Gasteiger charge is -2.01. The van der Waals surface area contributed by atoms with Crippen molar-refractivity contribution < 1.29 is 18.8 Å². The van der Waals surface area contributed by atoms with Crippen molar-refractivity contribution >= 4 is 28.3 Å². The van der Waals surface area contributed by atoms with Gasteiger partial charge in [0.1, 0.15) is 4.88 Å². The summed E-state index contributed by atoms with van der Waals surface area (Å²) < 4.78 is 10.3. The molecule has 2 aromatic heterocycles. The predicted molar refractivity (Wildman–Crippen MR) is 102 cm³/mol. The molecule has 3 rings (SSSR count). The van der Waals surface area contributed by atoms with E-state index in [0.717, 1.165) is 22.5 Å². The zero-order valence-electron chi connectivity index (χ0n) is 15.5. The number of hydrogen-bond acceptors (Lipinski definition) is 7. The molecule has 0 saturated heterocycles. The molecule has 8 heteroatoms. The normalized spacial score (nSPS) is 10.7. The first-order chi connectivity index (χ1) is 12.9. The molecular formula is C19H19N3O4S. The van der Waals surface area contributed by atoms with Gasteiger partial charge in [0, 0.05) is 11.6 Å². The Hall–Kier alpha value is -3.00. The zero-order chi connectivity index (χ0) is 19.6. The summed E-state index contributed by atoms with van der Waals surface area (Å²) >= 11 is 1.06. The average molecular weight is 385 g/mol. The van der Waals surface area contributed by atoms with Gasteiger partial charge in [-0.15, -0.1) is 0 Å². The third-order valence-corrected chi connectivity index (χ3v) is 5.07. The largest absolute Gasteiger partial charge is 0.462 e. The van der Waals surface area contributed by atoms with Gasteiger partial charge in [0.15, 0.2) is 16.6 Å². The fourth-order valence-electron chi connectivity index (χ4n) is 2.41. The molecule has 0 aliphatic carbocycles. The summed E-state index contributed by atoms with van der Waals surface area (Å²) in [4.78, 5) is 28.8. The van der Waals surface area contributed by atoms with Gasteiger partial charge in [-0.05, 0) is 44.9 Å². The minimum absolute atomic E-state index is 0.133. The van der Waals surface area contributed by atoms with Crippen molar-refractivity contribution in [3.05, 3.63) is 51.7 Å². The monoisotopic (exact) mass is 385 g/mol. The number of nitrogens with one attached hydrogen (secondary N) is 1. The highest BCUT2D eigenvalue weighted by molar-refractivity contribution is 7.17. The Morgan fingerprint density at radius 1 is 1.19 bits per heavy atom. The van der Waals surface area contributed by atoms with Crippen LogP contribution in [0, 0.1) is 20.8 Å². The van der Waals surface area contributed by atoms with Crippen LogP contribution in [0.3, 0.4) is 0 Å². The first-order valence-corrected chi connectivity index (χ1v) is 9.21. The van der Waals surface area contributed by atoms with E-state index in [2.05, 4.69) is 15.5 Å². The summed E-state index contributed by atoms with van der Waals surface area (Å²) in [5, 5.41) is 6.77. The number of thiazole rings is 1. The van der Waals surface area contributed by atoms with Crippen molar-refractivity contribution in [2.75, 3.05) is 11.9 Å². The molecule has 0 fully saturated rings. The molecule has 0 bridgehead atoms. The predicted octanol–water partition coefficient (Wildman–Crippen LogP) is 4.15. The second-order valence-electron chi connectivity index (χ2n) is 5.98. The number of amides is 1. The van der Waals surface area contributed by atoms with Crippen LogP contribution >= 0.6 is 11.3 Å². The van der Waals surface area contributed by atoms with Crippen molar-refractivity contribution in [3.8, 4) is 11.3 Å². The molecule has 3 aromatic rings. The fourth-order valence-corrected chi connectivity index (χ4v) is 3.27. The number of esters is 1. The third kappa shape index (κ3) is 4.06. The van der Waals surface area contributed by atoms with Gasteiger partial charge in [-0.2, -0.15) is 0 Å². The second-order valence-corrected chi connectivity index (χ2v) is 6.98. The number of benzene rings is 1.